The predicted molar refractivity (Wildman–Crippen MR) is 110 cm³/mol. The van der Waals surface area contributed by atoms with Gasteiger partial charge in [-0.2, -0.15) is 9.97 Å². The lowest BCUT2D eigenvalue weighted by Crippen LogP contribution is -2.27. The highest BCUT2D eigenvalue weighted by atomic mass is 35.5. The fourth-order valence-electron chi connectivity index (χ4n) is 3.93. The summed E-state index contributed by atoms with van der Waals surface area (Å²) < 4.78 is 1.75. The number of fused-ring (bicyclic) bond motifs is 2. The summed E-state index contributed by atoms with van der Waals surface area (Å²) in [6.07, 6.45) is 1.73. The normalized spacial score (nSPS) is 26.7. The third kappa shape index (κ3) is 2.95. The fourth-order valence-corrected chi connectivity index (χ4v) is 5.66. The number of rotatable bonds is 3. The van der Waals surface area contributed by atoms with E-state index in [1.807, 2.05) is 12.1 Å². The Balaban J connectivity index is 1.53. The average Bonchev–Trinajstić information content (AvgIpc) is 3.35. The van der Waals surface area contributed by atoms with E-state index in [0.29, 0.717) is 22.7 Å². The largest absolute Gasteiger partial charge is 0.389 e. The SMILES string of the molecule is O[C@@H]1[C@H](O)CS[C@H]1n1cnc2c(N[C@@H]3CCc4c(Cl)cccc43)nc(Cl)nc21. The minimum absolute atomic E-state index is 0.0567. The Morgan fingerprint density at radius 2 is 2.07 bits per heavy atom. The Labute approximate surface area is 175 Å². The van der Waals surface area contributed by atoms with Gasteiger partial charge in [0.25, 0.3) is 0 Å². The van der Waals surface area contributed by atoms with Crippen molar-refractivity contribution in [1.29, 1.82) is 0 Å². The van der Waals surface area contributed by atoms with Gasteiger partial charge in [-0.15, -0.1) is 11.8 Å². The number of thioether (sulfide) groups is 1. The van der Waals surface area contributed by atoms with Crippen LogP contribution in [0.5, 0.6) is 0 Å². The molecule has 28 heavy (non-hydrogen) atoms. The van der Waals surface area contributed by atoms with Gasteiger partial charge in [0, 0.05) is 10.8 Å². The molecule has 1 fully saturated rings. The number of nitrogens with one attached hydrogen (secondary N) is 1. The van der Waals surface area contributed by atoms with Gasteiger partial charge in [-0.25, -0.2) is 4.98 Å². The lowest BCUT2D eigenvalue weighted by atomic mass is 10.1. The molecule has 4 atom stereocenters. The maximum Gasteiger partial charge on any atom is 0.226 e. The molecule has 10 heteroatoms. The Hall–Kier alpha value is -1.58. The number of aliphatic hydroxyl groups is 2. The summed E-state index contributed by atoms with van der Waals surface area (Å²) in [5.41, 5.74) is 3.41. The fraction of sp³-hybridized carbons (Fsp3) is 0.389. The molecular weight excluding hydrogens is 421 g/mol. The van der Waals surface area contributed by atoms with E-state index in [1.54, 1.807) is 10.9 Å². The molecular formula is C18H17Cl2N5O2S. The predicted octanol–water partition coefficient (Wildman–Crippen LogP) is 3.20. The van der Waals surface area contributed by atoms with Crippen LogP contribution in [0.4, 0.5) is 5.82 Å². The number of hydrogen-bond acceptors (Lipinski definition) is 7. The van der Waals surface area contributed by atoms with Crippen LogP contribution in [0.2, 0.25) is 10.3 Å². The maximum atomic E-state index is 10.3. The van der Waals surface area contributed by atoms with Crippen LogP contribution < -0.4 is 5.32 Å². The molecule has 2 aliphatic rings. The molecule has 3 N–H and O–H groups in total. The molecule has 0 spiro atoms. The van der Waals surface area contributed by atoms with E-state index in [4.69, 9.17) is 23.2 Å². The molecule has 1 aliphatic carbocycles. The summed E-state index contributed by atoms with van der Waals surface area (Å²) in [6.45, 7) is 0. The number of halogens is 2. The molecule has 5 rings (SSSR count). The molecule has 0 bridgehead atoms. The second-order valence-electron chi connectivity index (χ2n) is 6.99. The molecule has 2 aromatic heterocycles. The van der Waals surface area contributed by atoms with E-state index in [1.165, 1.54) is 11.8 Å². The van der Waals surface area contributed by atoms with Crippen molar-refractivity contribution < 1.29 is 10.2 Å². The van der Waals surface area contributed by atoms with E-state index in [-0.39, 0.29) is 16.7 Å². The highest BCUT2D eigenvalue weighted by Crippen LogP contribution is 2.40. The van der Waals surface area contributed by atoms with Crippen LogP contribution in [0.25, 0.3) is 11.2 Å². The molecule has 0 unspecified atom stereocenters. The number of imidazole rings is 1. The van der Waals surface area contributed by atoms with Gasteiger partial charge in [0.1, 0.15) is 11.5 Å². The zero-order valence-electron chi connectivity index (χ0n) is 14.6. The Kier molecular flexibility index (Phi) is 4.64. The number of aromatic nitrogens is 4. The van der Waals surface area contributed by atoms with E-state index >= 15 is 0 Å². The molecule has 146 valence electrons. The molecule has 3 heterocycles. The van der Waals surface area contributed by atoms with Crippen LogP contribution in [-0.4, -0.2) is 47.7 Å². The smallest absolute Gasteiger partial charge is 0.226 e. The van der Waals surface area contributed by atoms with E-state index in [0.717, 1.165) is 29.0 Å². The van der Waals surface area contributed by atoms with Gasteiger partial charge < -0.3 is 15.5 Å². The van der Waals surface area contributed by atoms with Crippen molar-refractivity contribution >= 4 is 51.9 Å². The van der Waals surface area contributed by atoms with Crippen molar-refractivity contribution in [2.24, 2.45) is 0 Å². The summed E-state index contributed by atoms with van der Waals surface area (Å²) >= 11 is 14.0. The van der Waals surface area contributed by atoms with Crippen LogP contribution in [0.15, 0.2) is 24.5 Å². The molecule has 0 amide bonds. The first-order chi connectivity index (χ1) is 13.5. The summed E-state index contributed by atoms with van der Waals surface area (Å²) in [4.78, 5) is 13.1. The first kappa shape index (κ1) is 18.4. The average molecular weight is 438 g/mol. The van der Waals surface area contributed by atoms with Crippen LogP contribution >= 0.6 is 35.0 Å². The summed E-state index contributed by atoms with van der Waals surface area (Å²) in [5, 5.41) is 24.1. The van der Waals surface area contributed by atoms with Crippen LogP contribution in [0.3, 0.4) is 0 Å². The summed E-state index contributed by atoms with van der Waals surface area (Å²) in [6, 6.07) is 5.98. The van der Waals surface area contributed by atoms with Crippen LogP contribution in [0, 0.1) is 0 Å². The number of benzene rings is 1. The quantitative estimate of drug-likeness (QED) is 0.541. The number of anilines is 1. The molecule has 0 saturated carbocycles. The Morgan fingerprint density at radius 3 is 2.86 bits per heavy atom. The zero-order chi connectivity index (χ0) is 19.4. The lowest BCUT2D eigenvalue weighted by Gasteiger charge is -2.18. The summed E-state index contributed by atoms with van der Waals surface area (Å²) in [5.74, 6) is 0.999. The van der Waals surface area contributed by atoms with Crippen LogP contribution in [-0.2, 0) is 6.42 Å². The minimum Gasteiger partial charge on any atom is -0.389 e. The van der Waals surface area contributed by atoms with E-state index in [2.05, 4.69) is 26.3 Å². The van der Waals surface area contributed by atoms with Gasteiger partial charge in [0.2, 0.25) is 5.28 Å². The molecule has 1 saturated heterocycles. The molecule has 7 nitrogen and oxygen atoms in total. The highest BCUT2D eigenvalue weighted by molar-refractivity contribution is 7.99. The Bertz CT molecular complexity index is 1060. The van der Waals surface area contributed by atoms with Crippen molar-refractivity contribution in [1.82, 2.24) is 19.5 Å². The van der Waals surface area contributed by atoms with Gasteiger partial charge in [-0.1, -0.05) is 23.7 Å². The zero-order valence-corrected chi connectivity index (χ0v) is 16.9. The molecule has 3 aromatic rings. The van der Waals surface area contributed by atoms with Gasteiger partial charge in [-0.05, 0) is 41.6 Å². The summed E-state index contributed by atoms with van der Waals surface area (Å²) in [7, 11) is 0. The van der Waals surface area contributed by atoms with Crippen molar-refractivity contribution in [2.75, 3.05) is 11.1 Å². The molecule has 1 aromatic carbocycles. The second kappa shape index (κ2) is 7.03. The monoisotopic (exact) mass is 437 g/mol. The topological polar surface area (TPSA) is 96.1 Å². The van der Waals surface area contributed by atoms with Gasteiger partial charge >= 0.3 is 0 Å². The minimum atomic E-state index is -0.892. The number of aliphatic hydroxyl groups excluding tert-OH is 2. The van der Waals surface area contributed by atoms with E-state index < -0.39 is 12.2 Å². The first-order valence-corrected chi connectivity index (χ1v) is 10.7. The van der Waals surface area contributed by atoms with Crippen molar-refractivity contribution in [3.8, 4) is 0 Å². The standard InChI is InChI=1S/C18H17Cl2N5O2S/c19-10-3-1-2-9-8(10)4-5-11(9)22-15-13-16(24-18(20)23-15)25(7-21-13)17-14(27)12(26)6-28-17/h1-3,7,11-12,14,17,26-27H,4-6H2,(H,22,23,24)/t11-,12-,14-,17-/m1/s1. The van der Waals surface area contributed by atoms with Gasteiger partial charge in [0.15, 0.2) is 17.0 Å². The van der Waals surface area contributed by atoms with Gasteiger partial charge in [-0.3, -0.25) is 4.57 Å². The van der Waals surface area contributed by atoms with E-state index in [9.17, 15) is 10.2 Å². The highest BCUT2D eigenvalue weighted by Gasteiger charge is 2.37. The number of nitrogens with zero attached hydrogens (tertiary/aromatic N) is 4. The Morgan fingerprint density at radius 1 is 1.21 bits per heavy atom. The van der Waals surface area contributed by atoms with Crippen molar-refractivity contribution in [3.63, 3.8) is 0 Å². The molecule has 0 radical (unpaired) electrons. The third-order valence-corrected chi connectivity index (χ3v) is 7.22. The number of hydrogen-bond donors (Lipinski definition) is 3. The first-order valence-electron chi connectivity index (χ1n) is 8.94. The lowest BCUT2D eigenvalue weighted by molar-refractivity contribution is 0.0313. The third-order valence-electron chi connectivity index (χ3n) is 5.32. The second-order valence-corrected chi connectivity index (χ2v) is 8.89. The maximum absolute atomic E-state index is 10.3. The molecule has 1 aliphatic heterocycles. The van der Waals surface area contributed by atoms with Crippen LogP contribution in [0.1, 0.15) is 29.0 Å². The van der Waals surface area contributed by atoms with Crippen molar-refractivity contribution in [3.05, 3.63) is 46.0 Å². The van der Waals surface area contributed by atoms with Gasteiger partial charge in [0.05, 0.1) is 18.5 Å². The van der Waals surface area contributed by atoms with Crippen molar-refractivity contribution in [2.45, 2.75) is 36.5 Å².